The summed E-state index contributed by atoms with van der Waals surface area (Å²) in [4.78, 5) is 13.1. The predicted octanol–water partition coefficient (Wildman–Crippen LogP) is 1.00. The molecule has 2 atom stereocenters. The van der Waals surface area contributed by atoms with Gasteiger partial charge in [-0.3, -0.25) is 4.79 Å². The smallest absolute Gasteiger partial charge is 0.305 e. The second-order valence-electron chi connectivity index (χ2n) is 5.42. The van der Waals surface area contributed by atoms with Crippen molar-refractivity contribution < 1.29 is 18.3 Å². The molecular formula is C14H20N2O4S. The molecule has 1 aliphatic heterocycles. The summed E-state index contributed by atoms with van der Waals surface area (Å²) in [6.45, 7) is 2.48. The third-order valence-electron chi connectivity index (χ3n) is 3.68. The Balaban J connectivity index is 2.32. The standard InChI is InChI=1S/C14H20N2O4S/c1-11-9-15(21(2,19)20)10-13(8-14(17)18)16(11)12-6-4-3-5-7-12/h3-7,11,13H,8-10H2,1-2H3,(H,17,18)/t11-,13+/m0/s1. The maximum atomic E-state index is 11.8. The van der Waals surface area contributed by atoms with Crippen LogP contribution in [0.5, 0.6) is 0 Å². The molecule has 0 amide bonds. The molecule has 1 aliphatic rings. The summed E-state index contributed by atoms with van der Waals surface area (Å²) in [6.07, 6.45) is 1.07. The molecular weight excluding hydrogens is 292 g/mol. The first kappa shape index (κ1) is 15.8. The van der Waals surface area contributed by atoms with E-state index in [-0.39, 0.29) is 25.0 Å². The molecule has 1 N–H and O–H groups in total. The summed E-state index contributed by atoms with van der Waals surface area (Å²) in [5, 5.41) is 9.11. The molecule has 0 aliphatic carbocycles. The molecule has 7 heteroatoms. The molecule has 1 heterocycles. The number of rotatable bonds is 4. The van der Waals surface area contributed by atoms with Gasteiger partial charge in [0.2, 0.25) is 10.0 Å². The molecule has 21 heavy (non-hydrogen) atoms. The Morgan fingerprint density at radius 3 is 2.43 bits per heavy atom. The number of hydrogen-bond donors (Lipinski definition) is 1. The monoisotopic (exact) mass is 312 g/mol. The molecule has 1 aromatic rings. The van der Waals surface area contributed by atoms with Crippen LogP contribution < -0.4 is 4.90 Å². The van der Waals surface area contributed by atoms with Gasteiger partial charge in [-0.05, 0) is 19.1 Å². The molecule has 2 rings (SSSR count). The molecule has 1 fully saturated rings. The SMILES string of the molecule is C[C@H]1CN(S(C)(=O)=O)C[C@@H](CC(=O)O)N1c1ccccc1. The lowest BCUT2D eigenvalue weighted by Gasteiger charge is -2.45. The topological polar surface area (TPSA) is 77.9 Å². The highest BCUT2D eigenvalue weighted by Crippen LogP contribution is 2.27. The number of para-hydroxylation sites is 1. The molecule has 116 valence electrons. The molecule has 1 aromatic carbocycles. The summed E-state index contributed by atoms with van der Waals surface area (Å²) in [5.41, 5.74) is 0.921. The van der Waals surface area contributed by atoms with Crippen molar-refractivity contribution in [1.82, 2.24) is 4.31 Å². The number of piperazine rings is 1. The third-order valence-corrected chi connectivity index (χ3v) is 4.92. The van der Waals surface area contributed by atoms with E-state index < -0.39 is 16.0 Å². The second-order valence-corrected chi connectivity index (χ2v) is 7.41. The van der Waals surface area contributed by atoms with Crippen LogP contribution in [0, 0.1) is 0 Å². The van der Waals surface area contributed by atoms with Gasteiger partial charge in [0.1, 0.15) is 0 Å². The first-order chi connectivity index (χ1) is 9.79. The minimum absolute atomic E-state index is 0.0831. The number of carbonyl (C=O) groups is 1. The molecule has 0 aromatic heterocycles. The number of benzene rings is 1. The van der Waals surface area contributed by atoms with Crippen molar-refractivity contribution in [1.29, 1.82) is 0 Å². The van der Waals surface area contributed by atoms with E-state index in [0.717, 1.165) is 11.9 Å². The number of aliphatic carboxylic acids is 1. The van der Waals surface area contributed by atoms with Crippen LogP contribution in [0.25, 0.3) is 0 Å². The van der Waals surface area contributed by atoms with Crippen molar-refractivity contribution in [3.8, 4) is 0 Å². The van der Waals surface area contributed by atoms with Crippen LogP contribution in [-0.4, -0.2) is 55.2 Å². The minimum Gasteiger partial charge on any atom is -0.481 e. The van der Waals surface area contributed by atoms with Crippen molar-refractivity contribution >= 4 is 21.7 Å². The quantitative estimate of drug-likeness (QED) is 0.897. The average molecular weight is 312 g/mol. The number of nitrogens with zero attached hydrogens (tertiary/aromatic N) is 2. The van der Waals surface area contributed by atoms with Crippen molar-refractivity contribution in [3.05, 3.63) is 30.3 Å². The summed E-state index contributed by atoms with van der Waals surface area (Å²) in [5.74, 6) is -0.927. The Kier molecular flexibility index (Phi) is 4.53. The first-order valence-electron chi connectivity index (χ1n) is 6.79. The number of carboxylic acid groups (broad SMARTS) is 1. The van der Waals surface area contributed by atoms with Gasteiger partial charge in [0.05, 0.1) is 18.7 Å². The Morgan fingerprint density at radius 2 is 1.90 bits per heavy atom. The van der Waals surface area contributed by atoms with Gasteiger partial charge in [-0.1, -0.05) is 18.2 Å². The van der Waals surface area contributed by atoms with Gasteiger partial charge in [-0.15, -0.1) is 0 Å². The summed E-state index contributed by atoms with van der Waals surface area (Å²) >= 11 is 0. The van der Waals surface area contributed by atoms with E-state index in [4.69, 9.17) is 5.11 Å². The fourth-order valence-electron chi connectivity index (χ4n) is 2.84. The fourth-order valence-corrected chi connectivity index (χ4v) is 3.77. The molecule has 0 radical (unpaired) electrons. The van der Waals surface area contributed by atoms with E-state index >= 15 is 0 Å². The van der Waals surface area contributed by atoms with Crippen molar-refractivity contribution in [2.24, 2.45) is 0 Å². The number of anilines is 1. The number of sulfonamides is 1. The largest absolute Gasteiger partial charge is 0.481 e. The lowest BCUT2D eigenvalue weighted by Crippen LogP contribution is -2.59. The normalized spacial score (nSPS) is 24.0. The van der Waals surface area contributed by atoms with Crippen molar-refractivity contribution in [2.45, 2.75) is 25.4 Å². The highest BCUT2D eigenvalue weighted by molar-refractivity contribution is 7.88. The van der Waals surface area contributed by atoms with Gasteiger partial charge >= 0.3 is 5.97 Å². The van der Waals surface area contributed by atoms with Crippen LogP contribution in [0.3, 0.4) is 0 Å². The number of carboxylic acids is 1. The molecule has 0 spiro atoms. The zero-order chi connectivity index (χ0) is 15.6. The molecule has 0 unspecified atom stereocenters. The summed E-state index contributed by atoms with van der Waals surface area (Å²) < 4.78 is 24.9. The Bertz CT molecular complexity index is 603. The predicted molar refractivity (Wildman–Crippen MR) is 80.8 cm³/mol. The van der Waals surface area contributed by atoms with Crippen molar-refractivity contribution in [2.75, 3.05) is 24.2 Å². The first-order valence-corrected chi connectivity index (χ1v) is 8.64. The lowest BCUT2D eigenvalue weighted by atomic mass is 10.0. The van der Waals surface area contributed by atoms with Gasteiger partial charge in [-0.25, -0.2) is 8.42 Å². The lowest BCUT2D eigenvalue weighted by molar-refractivity contribution is -0.137. The van der Waals surface area contributed by atoms with E-state index in [9.17, 15) is 13.2 Å². The van der Waals surface area contributed by atoms with E-state index in [1.54, 1.807) is 0 Å². The Morgan fingerprint density at radius 1 is 1.29 bits per heavy atom. The van der Waals surface area contributed by atoms with Crippen LogP contribution in [0.1, 0.15) is 13.3 Å². The van der Waals surface area contributed by atoms with Gasteiger partial charge in [-0.2, -0.15) is 4.31 Å². The summed E-state index contributed by atoms with van der Waals surface area (Å²) in [6, 6.07) is 9.06. The van der Waals surface area contributed by atoms with Gasteiger partial charge < -0.3 is 10.0 Å². The maximum absolute atomic E-state index is 11.8. The maximum Gasteiger partial charge on any atom is 0.305 e. The van der Waals surface area contributed by atoms with Gasteiger partial charge in [0, 0.05) is 24.8 Å². The van der Waals surface area contributed by atoms with Gasteiger partial charge in [0.25, 0.3) is 0 Å². The van der Waals surface area contributed by atoms with E-state index in [2.05, 4.69) is 0 Å². The Labute approximate surface area is 125 Å². The van der Waals surface area contributed by atoms with Crippen LogP contribution >= 0.6 is 0 Å². The van der Waals surface area contributed by atoms with E-state index in [0.29, 0.717) is 6.54 Å². The zero-order valence-electron chi connectivity index (χ0n) is 12.1. The van der Waals surface area contributed by atoms with E-state index in [1.165, 1.54) is 4.31 Å². The van der Waals surface area contributed by atoms with E-state index in [1.807, 2.05) is 42.2 Å². The molecule has 0 bridgehead atoms. The Hall–Kier alpha value is -1.60. The van der Waals surface area contributed by atoms with Crippen molar-refractivity contribution in [3.63, 3.8) is 0 Å². The molecule has 0 saturated carbocycles. The van der Waals surface area contributed by atoms with Gasteiger partial charge in [0.15, 0.2) is 0 Å². The fraction of sp³-hybridized carbons (Fsp3) is 0.500. The third kappa shape index (κ3) is 3.74. The second kappa shape index (κ2) is 6.03. The minimum atomic E-state index is -3.32. The average Bonchev–Trinajstić information content (AvgIpc) is 2.37. The number of hydrogen-bond acceptors (Lipinski definition) is 4. The summed E-state index contributed by atoms with van der Waals surface area (Å²) in [7, 11) is -3.32. The highest BCUT2D eigenvalue weighted by atomic mass is 32.2. The molecule has 1 saturated heterocycles. The van der Waals surface area contributed by atoms with Crippen LogP contribution in [0.2, 0.25) is 0 Å². The highest BCUT2D eigenvalue weighted by Gasteiger charge is 2.36. The van der Waals surface area contributed by atoms with Crippen LogP contribution in [-0.2, 0) is 14.8 Å². The van der Waals surface area contributed by atoms with Crippen LogP contribution in [0.4, 0.5) is 5.69 Å². The zero-order valence-corrected chi connectivity index (χ0v) is 13.0. The molecule has 6 nitrogen and oxygen atoms in total. The van der Waals surface area contributed by atoms with Crippen LogP contribution in [0.15, 0.2) is 30.3 Å².